The lowest BCUT2D eigenvalue weighted by Crippen LogP contribution is -2.30. The number of phosphoric ester groups is 2. The number of carbonyl (C=O) groups excluding carboxylic acids is 4. The van der Waals surface area contributed by atoms with Crippen LogP contribution in [-0.2, 0) is 65.4 Å². The monoisotopic (exact) mass is 1320 g/mol. The summed E-state index contributed by atoms with van der Waals surface area (Å²) in [5, 5.41) is 10.5. The third kappa shape index (κ3) is 62.2. The summed E-state index contributed by atoms with van der Waals surface area (Å²) in [6.07, 6.45) is 49.0. The number of ether oxygens (including phenoxy) is 4. The summed E-state index contributed by atoms with van der Waals surface area (Å²) < 4.78 is 68.0. The topological polar surface area (TPSA) is 237 Å². The molecule has 4 unspecified atom stereocenters. The van der Waals surface area contributed by atoms with Crippen LogP contribution < -0.4 is 0 Å². The number of phosphoric acid groups is 2. The van der Waals surface area contributed by atoms with Crippen molar-refractivity contribution in [3.05, 3.63) is 0 Å². The van der Waals surface area contributed by atoms with Gasteiger partial charge in [-0.2, -0.15) is 0 Å². The molecule has 0 aromatic heterocycles. The van der Waals surface area contributed by atoms with Gasteiger partial charge in [-0.25, -0.2) is 9.13 Å². The molecule has 3 N–H and O–H groups in total. The third-order valence-electron chi connectivity index (χ3n) is 17.2. The van der Waals surface area contributed by atoms with Gasteiger partial charge in [0.15, 0.2) is 12.2 Å². The van der Waals surface area contributed by atoms with Gasteiger partial charge < -0.3 is 33.8 Å². The van der Waals surface area contributed by atoms with E-state index in [0.29, 0.717) is 25.7 Å². The van der Waals surface area contributed by atoms with Crippen LogP contribution in [0.2, 0.25) is 0 Å². The summed E-state index contributed by atoms with van der Waals surface area (Å²) >= 11 is 0. The van der Waals surface area contributed by atoms with E-state index in [1.165, 1.54) is 173 Å². The molecule has 0 aliphatic rings. The van der Waals surface area contributed by atoms with E-state index >= 15 is 0 Å². The molecule has 0 fully saturated rings. The van der Waals surface area contributed by atoms with Crippen molar-refractivity contribution in [2.24, 2.45) is 11.8 Å². The molecule has 17 nitrogen and oxygen atoms in total. The van der Waals surface area contributed by atoms with Crippen LogP contribution >= 0.6 is 15.6 Å². The van der Waals surface area contributed by atoms with Crippen molar-refractivity contribution < 1.29 is 80.2 Å². The van der Waals surface area contributed by atoms with E-state index in [9.17, 15) is 43.2 Å². The molecular weight excluding hydrogens is 1190 g/mol. The second kappa shape index (κ2) is 63.1. The fourth-order valence-corrected chi connectivity index (χ4v) is 12.3. The summed E-state index contributed by atoms with van der Waals surface area (Å²) in [6, 6.07) is 0. The molecule has 0 aromatic carbocycles. The Hall–Kier alpha value is -1.94. The normalized spacial score (nSPS) is 14.7. The van der Waals surface area contributed by atoms with Gasteiger partial charge in [-0.3, -0.25) is 37.3 Å². The fourth-order valence-electron chi connectivity index (χ4n) is 10.7. The van der Waals surface area contributed by atoms with Gasteiger partial charge in [-0.1, -0.05) is 311 Å². The zero-order chi connectivity index (χ0) is 66.5. The molecule has 0 bridgehead atoms. The van der Waals surface area contributed by atoms with Gasteiger partial charge in [0.25, 0.3) is 0 Å². The van der Waals surface area contributed by atoms with Gasteiger partial charge >= 0.3 is 39.5 Å². The number of rotatable bonds is 70. The van der Waals surface area contributed by atoms with Crippen LogP contribution in [0.3, 0.4) is 0 Å². The lowest BCUT2D eigenvalue weighted by atomic mass is 9.99. The highest BCUT2D eigenvalue weighted by molar-refractivity contribution is 7.47. The van der Waals surface area contributed by atoms with Crippen LogP contribution in [0.15, 0.2) is 0 Å². The van der Waals surface area contributed by atoms with E-state index < -0.39 is 97.5 Å². The molecule has 0 aliphatic carbocycles. The van der Waals surface area contributed by atoms with Crippen LogP contribution in [0.4, 0.5) is 0 Å². The Labute approximate surface area is 549 Å². The molecule has 0 heterocycles. The largest absolute Gasteiger partial charge is 0.472 e. The average molecular weight is 1330 g/mol. The summed E-state index contributed by atoms with van der Waals surface area (Å²) in [4.78, 5) is 72.2. The Morgan fingerprint density at radius 3 is 0.789 bits per heavy atom. The predicted octanol–water partition coefficient (Wildman–Crippen LogP) is 20.4. The first-order valence-corrected chi connectivity index (χ1v) is 40.1. The SMILES string of the molecule is CCCCCCCCCCCC(=O)O[C@H](COC(=O)CCCCCCC)COP(=O)(O)OC[C@H](O)COP(=O)(O)OC[C@@H](COC(=O)CCCCCCCCCCCCC(C)CC)OC(=O)CCCCCCCCCCCCCCCCCCCCC(C)CC. The van der Waals surface area contributed by atoms with Crippen molar-refractivity contribution in [3.63, 3.8) is 0 Å². The minimum atomic E-state index is -4.95. The second-order valence-electron chi connectivity index (χ2n) is 26.1. The van der Waals surface area contributed by atoms with Crippen molar-refractivity contribution in [1.82, 2.24) is 0 Å². The van der Waals surface area contributed by atoms with Gasteiger partial charge in [0.1, 0.15) is 19.3 Å². The first-order valence-electron chi connectivity index (χ1n) is 37.1. The Bertz CT molecular complexity index is 1760. The van der Waals surface area contributed by atoms with Crippen molar-refractivity contribution in [1.29, 1.82) is 0 Å². The number of hydrogen-bond acceptors (Lipinski definition) is 15. The number of aliphatic hydroxyl groups is 1. The van der Waals surface area contributed by atoms with E-state index in [4.69, 9.17) is 37.0 Å². The zero-order valence-electron chi connectivity index (χ0n) is 58.4. The summed E-state index contributed by atoms with van der Waals surface area (Å²) in [5.74, 6) is -0.456. The molecule has 0 aromatic rings. The van der Waals surface area contributed by atoms with Gasteiger partial charge in [0.05, 0.1) is 26.4 Å². The number of unbranched alkanes of at least 4 members (excludes halogenated alkanes) is 38. The first-order chi connectivity index (χ1) is 43.4. The zero-order valence-corrected chi connectivity index (χ0v) is 60.2. The third-order valence-corrected chi connectivity index (χ3v) is 19.1. The number of hydrogen-bond donors (Lipinski definition) is 3. The molecule has 0 rings (SSSR count). The summed E-state index contributed by atoms with van der Waals surface area (Å²) in [5.41, 5.74) is 0. The van der Waals surface area contributed by atoms with E-state index in [2.05, 4.69) is 41.5 Å². The van der Waals surface area contributed by atoms with Gasteiger partial charge in [0.2, 0.25) is 0 Å². The highest BCUT2D eigenvalue weighted by Crippen LogP contribution is 2.45. The van der Waals surface area contributed by atoms with Crippen molar-refractivity contribution in [2.45, 2.75) is 381 Å². The summed E-state index contributed by atoms with van der Waals surface area (Å²) in [6.45, 7) is 9.54. The van der Waals surface area contributed by atoms with Crippen molar-refractivity contribution in [2.75, 3.05) is 39.6 Å². The van der Waals surface area contributed by atoms with E-state index in [-0.39, 0.29) is 25.7 Å². The van der Waals surface area contributed by atoms with Crippen molar-refractivity contribution >= 4 is 39.5 Å². The molecule has 19 heteroatoms. The molecular formula is C71H138O17P2. The molecule has 0 saturated heterocycles. The maximum Gasteiger partial charge on any atom is 0.472 e. The number of carbonyl (C=O) groups is 4. The standard InChI is InChI=1S/C71H138O17P2/c1-7-11-13-15-16-29-37-43-49-55-70(75)87-66(59-81-68(73)53-47-39-14-12-8-2)61-85-89(77,78)83-57-65(72)58-84-90(79,80)86-62-67(60-82-69(74)54-48-42-36-32-28-27-31-35-41-46-52-64(6)10-4)88-71(76)56-50-44-38-33-26-24-22-20-18-17-19-21-23-25-30-34-40-45-51-63(5)9-3/h63-67,72H,7-62H2,1-6H3,(H,77,78)(H,79,80)/t63?,64?,65-,66+,67+/m0/s1. The minimum absolute atomic E-state index is 0.105. The Balaban J connectivity index is 5.10. The smallest absolute Gasteiger partial charge is 0.462 e. The molecule has 0 saturated carbocycles. The maximum absolute atomic E-state index is 13.0. The first kappa shape index (κ1) is 88.1. The Morgan fingerprint density at radius 1 is 0.311 bits per heavy atom. The minimum Gasteiger partial charge on any atom is -0.462 e. The Morgan fingerprint density at radius 2 is 0.533 bits per heavy atom. The average Bonchev–Trinajstić information content (AvgIpc) is 3.70. The lowest BCUT2D eigenvalue weighted by Gasteiger charge is -2.21. The van der Waals surface area contributed by atoms with E-state index in [1.807, 2.05) is 0 Å². The molecule has 90 heavy (non-hydrogen) atoms. The van der Waals surface area contributed by atoms with Crippen LogP contribution in [-0.4, -0.2) is 96.7 Å². The van der Waals surface area contributed by atoms with Gasteiger partial charge in [-0.15, -0.1) is 0 Å². The molecule has 534 valence electrons. The molecule has 0 radical (unpaired) electrons. The van der Waals surface area contributed by atoms with E-state index in [0.717, 1.165) is 108 Å². The van der Waals surface area contributed by atoms with E-state index in [1.54, 1.807) is 0 Å². The maximum atomic E-state index is 13.0. The predicted molar refractivity (Wildman–Crippen MR) is 363 cm³/mol. The highest BCUT2D eigenvalue weighted by Gasteiger charge is 2.30. The summed E-state index contributed by atoms with van der Waals surface area (Å²) in [7, 11) is -9.89. The quantitative estimate of drug-likeness (QED) is 0.0222. The fraction of sp³-hybridized carbons (Fsp3) is 0.944. The van der Waals surface area contributed by atoms with Crippen LogP contribution in [0.25, 0.3) is 0 Å². The number of aliphatic hydroxyl groups excluding tert-OH is 1. The van der Waals surface area contributed by atoms with Crippen LogP contribution in [0.5, 0.6) is 0 Å². The van der Waals surface area contributed by atoms with Crippen molar-refractivity contribution in [3.8, 4) is 0 Å². The lowest BCUT2D eigenvalue weighted by molar-refractivity contribution is -0.161. The van der Waals surface area contributed by atoms with Crippen LogP contribution in [0.1, 0.15) is 363 Å². The van der Waals surface area contributed by atoms with Gasteiger partial charge in [0, 0.05) is 25.7 Å². The molecule has 0 spiro atoms. The highest BCUT2D eigenvalue weighted by atomic mass is 31.2. The molecule has 0 aliphatic heterocycles. The second-order valence-corrected chi connectivity index (χ2v) is 29.0. The number of esters is 4. The Kier molecular flexibility index (Phi) is 61.8. The molecule has 7 atom stereocenters. The van der Waals surface area contributed by atoms with Crippen LogP contribution in [0, 0.1) is 11.8 Å². The molecule has 0 amide bonds. The van der Waals surface area contributed by atoms with Gasteiger partial charge in [-0.05, 0) is 37.5 Å².